The first-order valence-electron chi connectivity index (χ1n) is 5.91. The van der Waals surface area contributed by atoms with Gasteiger partial charge in [-0.15, -0.1) is 0 Å². The predicted molar refractivity (Wildman–Crippen MR) is 71.5 cm³/mol. The first-order chi connectivity index (χ1) is 9.22. The largest absolute Gasteiger partial charge is 0.369 e. The summed E-state index contributed by atoms with van der Waals surface area (Å²) < 4.78 is 1.78. The Balaban J connectivity index is 1.73. The Labute approximate surface area is 109 Å². The summed E-state index contributed by atoms with van der Waals surface area (Å²) in [5, 5.41) is 15.1. The number of nitrogen functional groups attached to an aromatic ring is 1. The molecule has 0 atom stereocenters. The highest BCUT2D eigenvalue weighted by Crippen LogP contribution is 2.18. The molecular weight excluding hydrogens is 244 g/mol. The summed E-state index contributed by atoms with van der Waals surface area (Å²) in [6.45, 7) is 0.716. The van der Waals surface area contributed by atoms with Crippen LogP contribution < -0.4 is 11.1 Å². The van der Waals surface area contributed by atoms with Crippen molar-refractivity contribution < 1.29 is 0 Å². The van der Waals surface area contributed by atoms with Gasteiger partial charge in [0.1, 0.15) is 5.82 Å². The van der Waals surface area contributed by atoms with Gasteiger partial charge in [0.2, 0.25) is 5.95 Å². The lowest BCUT2D eigenvalue weighted by molar-refractivity contribution is 0.742. The van der Waals surface area contributed by atoms with Gasteiger partial charge >= 0.3 is 0 Å². The molecule has 0 aliphatic rings. The van der Waals surface area contributed by atoms with Crippen LogP contribution in [0.4, 0.5) is 11.8 Å². The molecular formula is C11H14N8. The number of hydrogen-bond acceptors (Lipinski definition) is 6. The molecule has 19 heavy (non-hydrogen) atoms. The maximum absolute atomic E-state index is 5.64. The van der Waals surface area contributed by atoms with Crippen molar-refractivity contribution in [3.63, 3.8) is 0 Å². The summed E-state index contributed by atoms with van der Waals surface area (Å²) in [6.07, 6.45) is 4.41. The van der Waals surface area contributed by atoms with Gasteiger partial charge in [-0.3, -0.25) is 9.78 Å². The Morgan fingerprint density at radius 1 is 1.42 bits per heavy atom. The minimum absolute atomic E-state index is 0.220. The van der Waals surface area contributed by atoms with E-state index in [0.29, 0.717) is 18.0 Å². The van der Waals surface area contributed by atoms with E-state index in [1.54, 1.807) is 10.9 Å². The van der Waals surface area contributed by atoms with Gasteiger partial charge in [0, 0.05) is 26.2 Å². The van der Waals surface area contributed by atoms with Crippen LogP contribution in [-0.2, 0) is 13.5 Å². The van der Waals surface area contributed by atoms with E-state index in [2.05, 4.69) is 30.6 Å². The monoisotopic (exact) mass is 258 g/mol. The number of fused-ring (bicyclic) bond motifs is 1. The van der Waals surface area contributed by atoms with Crippen molar-refractivity contribution in [1.29, 1.82) is 0 Å². The van der Waals surface area contributed by atoms with Gasteiger partial charge in [-0.05, 0) is 6.07 Å². The van der Waals surface area contributed by atoms with Gasteiger partial charge in [0.15, 0.2) is 5.65 Å². The van der Waals surface area contributed by atoms with E-state index >= 15 is 0 Å². The fourth-order valence-electron chi connectivity index (χ4n) is 1.89. The first-order valence-corrected chi connectivity index (χ1v) is 5.91. The van der Waals surface area contributed by atoms with E-state index in [-0.39, 0.29) is 5.95 Å². The molecule has 0 aromatic carbocycles. The molecule has 0 aliphatic carbocycles. The lowest BCUT2D eigenvalue weighted by atomic mass is 10.3. The van der Waals surface area contributed by atoms with E-state index in [1.807, 2.05) is 19.3 Å². The Bertz CT molecular complexity index is 698. The highest BCUT2D eigenvalue weighted by molar-refractivity contribution is 5.86. The van der Waals surface area contributed by atoms with Crippen LogP contribution in [0.25, 0.3) is 11.0 Å². The van der Waals surface area contributed by atoms with Gasteiger partial charge in [0.25, 0.3) is 0 Å². The van der Waals surface area contributed by atoms with Crippen molar-refractivity contribution >= 4 is 22.8 Å². The average molecular weight is 258 g/mol. The van der Waals surface area contributed by atoms with Crippen LogP contribution in [0, 0.1) is 0 Å². The van der Waals surface area contributed by atoms with Gasteiger partial charge in [-0.25, -0.2) is 0 Å². The van der Waals surface area contributed by atoms with Gasteiger partial charge in [-0.2, -0.15) is 20.2 Å². The topological polar surface area (TPSA) is 110 Å². The molecule has 3 rings (SSSR count). The molecule has 0 saturated heterocycles. The van der Waals surface area contributed by atoms with Crippen molar-refractivity contribution in [1.82, 2.24) is 29.9 Å². The second kappa shape index (κ2) is 4.56. The number of nitrogens with one attached hydrogen (secondary N) is 2. The van der Waals surface area contributed by atoms with Crippen molar-refractivity contribution in [2.45, 2.75) is 6.42 Å². The molecule has 0 amide bonds. The van der Waals surface area contributed by atoms with E-state index < -0.39 is 0 Å². The minimum atomic E-state index is 0.220. The second-order valence-electron chi connectivity index (χ2n) is 4.22. The summed E-state index contributed by atoms with van der Waals surface area (Å²) in [5.41, 5.74) is 7.30. The number of H-pyrrole nitrogens is 1. The highest BCUT2D eigenvalue weighted by atomic mass is 15.2. The van der Waals surface area contributed by atoms with Gasteiger partial charge < -0.3 is 11.1 Å². The van der Waals surface area contributed by atoms with Gasteiger partial charge in [0.05, 0.1) is 17.3 Å². The number of nitrogens with two attached hydrogens (primary N) is 1. The van der Waals surface area contributed by atoms with E-state index in [0.717, 1.165) is 17.5 Å². The van der Waals surface area contributed by atoms with Crippen LogP contribution in [0.1, 0.15) is 5.69 Å². The van der Waals surface area contributed by atoms with Crippen LogP contribution >= 0.6 is 0 Å². The number of rotatable bonds is 4. The molecule has 8 nitrogen and oxygen atoms in total. The van der Waals surface area contributed by atoms with Crippen molar-refractivity contribution in [2.75, 3.05) is 17.6 Å². The number of aryl methyl sites for hydroxylation is 1. The Morgan fingerprint density at radius 3 is 3.11 bits per heavy atom. The first kappa shape index (κ1) is 11.5. The lowest BCUT2D eigenvalue weighted by Gasteiger charge is -2.05. The number of anilines is 2. The molecule has 0 saturated carbocycles. The van der Waals surface area contributed by atoms with E-state index in [9.17, 15) is 0 Å². The molecule has 0 aliphatic heterocycles. The molecule has 98 valence electrons. The van der Waals surface area contributed by atoms with Crippen molar-refractivity contribution in [3.05, 3.63) is 24.2 Å². The zero-order chi connectivity index (χ0) is 13.2. The van der Waals surface area contributed by atoms with Gasteiger partial charge in [-0.1, -0.05) is 0 Å². The molecule has 0 spiro atoms. The summed E-state index contributed by atoms with van der Waals surface area (Å²) in [4.78, 5) is 8.24. The van der Waals surface area contributed by atoms with Crippen molar-refractivity contribution in [3.8, 4) is 0 Å². The highest BCUT2D eigenvalue weighted by Gasteiger charge is 2.07. The molecule has 3 aromatic heterocycles. The maximum atomic E-state index is 5.64. The van der Waals surface area contributed by atoms with Crippen LogP contribution in [0.15, 0.2) is 18.5 Å². The van der Waals surface area contributed by atoms with E-state index in [1.165, 1.54) is 0 Å². The van der Waals surface area contributed by atoms with Crippen LogP contribution in [0.5, 0.6) is 0 Å². The van der Waals surface area contributed by atoms with Crippen LogP contribution in [0.3, 0.4) is 0 Å². The van der Waals surface area contributed by atoms with E-state index in [4.69, 9.17) is 5.73 Å². The van der Waals surface area contributed by atoms with Crippen LogP contribution in [-0.4, -0.2) is 36.5 Å². The third-order valence-corrected chi connectivity index (χ3v) is 2.77. The second-order valence-corrected chi connectivity index (χ2v) is 4.22. The molecule has 8 heteroatoms. The number of aromatic nitrogens is 6. The minimum Gasteiger partial charge on any atom is -0.369 e. The summed E-state index contributed by atoms with van der Waals surface area (Å²) >= 11 is 0. The smallest absolute Gasteiger partial charge is 0.224 e. The fraction of sp³-hybridized carbons (Fsp3) is 0.273. The SMILES string of the molecule is Cn1ccc(CCNc2nc(N)nc3[nH]ncc23)n1. The Morgan fingerprint density at radius 2 is 2.32 bits per heavy atom. The molecule has 3 heterocycles. The third-order valence-electron chi connectivity index (χ3n) is 2.77. The Kier molecular flexibility index (Phi) is 2.75. The quantitative estimate of drug-likeness (QED) is 0.621. The normalized spacial score (nSPS) is 11.0. The van der Waals surface area contributed by atoms with Crippen molar-refractivity contribution in [2.24, 2.45) is 7.05 Å². The number of aromatic amines is 1. The molecule has 0 fully saturated rings. The summed E-state index contributed by atoms with van der Waals surface area (Å²) in [6, 6.07) is 1.99. The maximum Gasteiger partial charge on any atom is 0.224 e. The van der Waals surface area contributed by atoms with Crippen LogP contribution in [0.2, 0.25) is 0 Å². The Hall–Kier alpha value is -2.64. The summed E-state index contributed by atoms with van der Waals surface area (Å²) in [5.74, 6) is 0.907. The fourth-order valence-corrected chi connectivity index (χ4v) is 1.89. The summed E-state index contributed by atoms with van der Waals surface area (Å²) in [7, 11) is 1.90. The molecule has 0 unspecified atom stereocenters. The molecule has 0 bridgehead atoms. The number of hydrogen-bond donors (Lipinski definition) is 3. The average Bonchev–Trinajstić information content (AvgIpc) is 2.98. The lowest BCUT2D eigenvalue weighted by Crippen LogP contribution is -2.09. The molecule has 0 radical (unpaired) electrons. The predicted octanol–water partition coefficient (Wildman–Crippen LogP) is 0.323. The molecule has 4 N–H and O–H groups in total. The number of nitrogens with zero attached hydrogens (tertiary/aromatic N) is 5. The zero-order valence-corrected chi connectivity index (χ0v) is 10.5. The molecule has 3 aromatic rings. The zero-order valence-electron chi connectivity index (χ0n) is 10.5. The third kappa shape index (κ3) is 2.32. The standard InChI is InChI=1S/C11H14N8/c1-19-5-3-7(18-19)2-4-13-9-8-6-14-17-10(8)16-11(12)15-9/h3,5-6H,2,4H2,1H3,(H4,12,13,14,15,16,17).